The van der Waals surface area contributed by atoms with Crippen LogP contribution in [0.2, 0.25) is 0 Å². The molecule has 4 rings (SSSR count). The van der Waals surface area contributed by atoms with E-state index in [4.69, 9.17) is 0 Å². The second kappa shape index (κ2) is 8.68. The van der Waals surface area contributed by atoms with E-state index in [2.05, 4.69) is 32.5 Å². The maximum absolute atomic E-state index is 13.7. The zero-order chi connectivity index (χ0) is 20.1. The van der Waals surface area contributed by atoms with E-state index in [-0.39, 0.29) is 11.7 Å². The molecule has 0 radical (unpaired) electrons. The fraction of sp³-hybridized carbons (Fsp3) is 0.227. The molecule has 2 heterocycles. The minimum absolute atomic E-state index is 0.120. The van der Waals surface area contributed by atoms with Gasteiger partial charge in [0.1, 0.15) is 11.6 Å². The topological polar surface area (TPSA) is 61.4 Å². The second-order valence-electron chi connectivity index (χ2n) is 6.86. The Morgan fingerprint density at radius 2 is 1.62 bits per heavy atom. The van der Waals surface area contributed by atoms with Gasteiger partial charge in [0, 0.05) is 44.0 Å². The molecule has 29 heavy (non-hydrogen) atoms. The van der Waals surface area contributed by atoms with E-state index >= 15 is 0 Å². The zero-order valence-corrected chi connectivity index (χ0v) is 16.0. The van der Waals surface area contributed by atoms with Crippen LogP contribution in [-0.2, 0) is 6.54 Å². The van der Waals surface area contributed by atoms with Crippen LogP contribution in [0.3, 0.4) is 0 Å². The number of para-hydroxylation sites is 1. The summed E-state index contributed by atoms with van der Waals surface area (Å²) in [7, 11) is 0. The third-order valence-corrected chi connectivity index (χ3v) is 4.99. The Morgan fingerprint density at radius 3 is 2.31 bits per heavy atom. The Morgan fingerprint density at radius 1 is 0.897 bits per heavy atom. The van der Waals surface area contributed by atoms with Crippen molar-refractivity contribution in [3.8, 4) is 0 Å². The predicted octanol–water partition coefficient (Wildman–Crippen LogP) is 3.19. The number of rotatable bonds is 5. The molecule has 1 aliphatic heterocycles. The van der Waals surface area contributed by atoms with Crippen LogP contribution in [0.5, 0.6) is 0 Å². The summed E-state index contributed by atoms with van der Waals surface area (Å²) in [5.41, 5.74) is 2.03. The number of amides is 1. The minimum atomic E-state index is -0.269. The number of carbonyl (C=O) groups excluding carboxylic acids is 1. The van der Waals surface area contributed by atoms with Crippen LogP contribution in [0.1, 0.15) is 16.1 Å². The quantitative estimate of drug-likeness (QED) is 0.724. The summed E-state index contributed by atoms with van der Waals surface area (Å²) in [4.78, 5) is 16.8. The summed E-state index contributed by atoms with van der Waals surface area (Å²) in [6, 6.07) is 20.1. The first-order chi connectivity index (χ1) is 14.2. The smallest absolute Gasteiger partial charge is 0.274 e. The molecule has 2 aromatic carbocycles. The molecule has 0 spiro atoms. The van der Waals surface area contributed by atoms with Crippen molar-refractivity contribution in [3.05, 3.63) is 83.8 Å². The van der Waals surface area contributed by atoms with Gasteiger partial charge < -0.3 is 15.1 Å². The van der Waals surface area contributed by atoms with Crippen LogP contribution in [-0.4, -0.2) is 47.2 Å². The lowest BCUT2D eigenvalue weighted by atomic mass is 10.2. The summed E-state index contributed by atoms with van der Waals surface area (Å²) in [6.45, 7) is 3.15. The molecule has 1 N–H and O–H groups in total. The number of aromatic nitrogens is 2. The summed E-state index contributed by atoms with van der Waals surface area (Å²) in [6.07, 6.45) is 0. The summed E-state index contributed by atoms with van der Waals surface area (Å²) < 4.78 is 13.7. The highest BCUT2D eigenvalue weighted by Crippen LogP contribution is 2.17. The molecule has 0 unspecified atom stereocenters. The molecular weight excluding hydrogens is 369 g/mol. The molecule has 0 atom stereocenters. The van der Waals surface area contributed by atoms with Crippen LogP contribution in [0.15, 0.2) is 66.7 Å². The predicted molar refractivity (Wildman–Crippen MR) is 110 cm³/mol. The molecule has 1 aromatic heterocycles. The van der Waals surface area contributed by atoms with Crippen molar-refractivity contribution < 1.29 is 9.18 Å². The van der Waals surface area contributed by atoms with Crippen molar-refractivity contribution in [1.82, 2.24) is 15.1 Å². The number of hydrogen-bond donors (Lipinski definition) is 1. The Bertz CT molecular complexity index is 956. The number of halogens is 1. The molecule has 1 aliphatic rings. The molecule has 1 fully saturated rings. The van der Waals surface area contributed by atoms with Gasteiger partial charge in [0.25, 0.3) is 5.91 Å². The molecule has 1 saturated heterocycles. The minimum Gasteiger partial charge on any atom is -0.368 e. The molecule has 1 amide bonds. The Hall–Kier alpha value is -3.48. The maximum atomic E-state index is 13.7. The number of benzene rings is 2. The van der Waals surface area contributed by atoms with Gasteiger partial charge in [0.05, 0.1) is 0 Å². The average Bonchev–Trinajstić information content (AvgIpc) is 2.79. The van der Waals surface area contributed by atoms with Crippen molar-refractivity contribution >= 4 is 17.4 Å². The standard InChI is InChI=1S/C22H22FN5O/c23-19-9-5-4-6-17(19)16-24-21-11-10-20(25-26-21)22(29)28-14-12-27(13-15-28)18-7-2-1-3-8-18/h1-11H,12-16H2,(H,24,26). The van der Waals surface area contributed by atoms with Gasteiger partial charge in [-0.3, -0.25) is 4.79 Å². The first-order valence-electron chi connectivity index (χ1n) is 9.61. The van der Waals surface area contributed by atoms with Crippen LogP contribution in [0.4, 0.5) is 15.9 Å². The number of nitrogens with one attached hydrogen (secondary N) is 1. The Kier molecular flexibility index (Phi) is 5.65. The number of piperazine rings is 1. The lowest BCUT2D eigenvalue weighted by Gasteiger charge is -2.35. The lowest BCUT2D eigenvalue weighted by Crippen LogP contribution is -2.49. The summed E-state index contributed by atoms with van der Waals surface area (Å²) in [5.74, 6) is 0.110. The molecule has 6 nitrogen and oxygen atoms in total. The first kappa shape index (κ1) is 18.9. The van der Waals surface area contributed by atoms with Gasteiger partial charge in [-0.1, -0.05) is 36.4 Å². The Labute approximate surface area is 169 Å². The molecule has 0 bridgehead atoms. The van der Waals surface area contributed by atoms with E-state index in [1.54, 1.807) is 35.2 Å². The van der Waals surface area contributed by atoms with Gasteiger partial charge in [-0.05, 0) is 30.3 Å². The van der Waals surface area contributed by atoms with E-state index in [1.165, 1.54) is 11.8 Å². The molecule has 0 saturated carbocycles. The van der Waals surface area contributed by atoms with Gasteiger partial charge >= 0.3 is 0 Å². The van der Waals surface area contributed by atoms with E-state index < -0.39 is 0 Å². The summed E-state index contributed by atoms with van der Waals surface area (Å²) >= 11 is 0. The van der Waals surface area contributed by atoms with Gasteiger partial charge in [-0.2, -0.15) is 0 Å². The fourth-order valence-corrected chi connectivity index (χ4v) is 3.34. The van der Waals surface area contributed by atoms with E-state index in [0.29, 0.717) is 36.7 Å². The Balaban J connectivity index is 1.32. The van der Waals surface area contributed by atoms with E-state index in [1.807, 2.05) is 18.2 Å². The van der Waals surface area contributed by atoms with Crippen molar-refractivity contribution in [3.63, 3.8) is 0 Å². The normalized spacial score (nSPS) is 14.0. The third-order valence-electron chi connectivity index (χ3n) is 4.99. The van der Waals surface area contributed by atoms with Gasteiger partial charge in [0.15, 0.2) is 5.69 Å². The number of hydrogen-bond acceptors (Lipinski definition) is 5. The molecule has 7 heteroatoms. The highest BCUT2D eigenvalue weighted by Gasteiger charge is 2.23. The summed E-state index contributed by atoms with van der Waals surface area (Å²) in [5, 5.41) is 11.1. The van der Waals surface area contributed by atoms with Gasteiger partial charge in [0.2, 0.25) is 0 Å². The van der Waals surface area contributed by atoms with Crippen LogP contribution < -0.4 is 10.2 Å². The molecule has 3 aromatic rings. The zero-order valence-electron chi connectivity index (χ0n) is 16.0. The third kappa shape index (κ3) is 4.51. The molecular formula is C22H22FN5O. The van der Waals surface area contributed by atoms with Crippen molar-refractivity contribution in [1.29, 1.82) is 0 Å². The largest absolute Gasteiger partial charge is 0.368 e. The van der Waals surface area contributed by atoms with Crippen molar-refractivity contribution in [2.24, 2.45) is 0 Å². The fourth-order valence-electron chi connectivity index (χ4n) is 3.34. The van der Waals surface area contributed by atoms with E-state index in [9.17, 15) is 9.18 Å². The SMILES string of the molecule is O=C(c1ccc(NCc2ccccc2F)nn1)N1CCN(c2ccccc2)CC1. The lowest BCUT2D eigenvalue weighted by molar-refractivity contribution is 0.0739. The average molecular weight is 391 g/mol. The van der Waals surface area contributed by atoms with Crippen molar-refractivity contribution in [2.45, 2.75) is 6.54 Å². The highest BCUT2D eigenvalue weighted by atomic mass is 19.1. The monoisotopic (exact) mass is 391 g/mol. The number of anilines is 2. The molecule has 148 valence electrons. The van der Waals surface area contributed by atoms with Gasteiger partial charge in [-0.15, -0.1) is 10.2 Å². The molecule has 0 aliphatic carbocycles. The second-order valence-corrected chi connectivity index (χ2v) is 6.86. The van der Waals surface area contributed by atoms with E-state index in [0.717, 1.165) is 13.1 Å². The number of nitrogens with zero attached hydrogens (tertiary/aromatic N) is 4. The first-order valence-corrected chi connectivity index (χ1v) is 9.61. The highest BCUT2D eigenvalue weighted by molar-refractivity contribution is 5.92. The van der Waals surface area contributed by atoms with Crippen LogP contribution in [0, 0.1) is 5.82 Å². The van der Waals surface area contributed by atoms with Gasteiger partial charge in [-0.25, -0.2) is 4.39 Å². The van der Waals surface area contributed by atoms with Crippen LogP contribution in [0.25, 0.3) is 0 Å². The maximum Gasteiger partial charge on any atom is 0.274 e. The number of carbonyl (C=O) groups is 1. The van der Waals surface area contributed by atoms with Crippen molar-refractivity contribution in [2.75, 3.05) is 36.4 Å². The van der Waals surface area contributed by atoms with Crippen LogP contribution >= 0.6 is 0 Å².